The minimum atomic E-state index is -3.02. The fourth-order valence-corrected chi connectivity index (χ4v) is 5.30. The number of carbonyl (C=O) groups is 1. The summed E-state index contributed by atoms with van der Waals surface area (Å²) in [5, 5.41) is 2.80. The van der Waals surface area contributed by atoms with Gasteiger partial charge < -0.3 is 10.2 Å². The second-order valence-electron chi connectivity index (χ2n) is 6.91. The standard InChI is InChI=1S/C19H21N3O3S/c23-19(21-16-7-10-26(24,25)13-16)18-11-17(5-8-20-18)22-9-6-14-3-1-2-4-15(14)12-22/h1-5,8,11,16H,6-7,9-10,12-13H2,(H,21,23). The van der Waals surface area contributed by atoms with Gasteiger partial charge >= 0.3 is 0 Å². The fourth-order valence-electron chi connectivity index (χ4n) is 3.62. The number of hydrogen-bond acceptors (Lipinski definition) is 5. The number of sulfone groups is 1. The number of nitrogens with zero attached hydrogens (tertiary/aromatic N) is 2. The van der Waals surface area contributed by atoms with Gasteiger partial charge in [0.25, 0.3) is 5.91 Å². The highest BCUT2D eigenvalue weighted by Crippen LogP contribution is 2.24. The van der Waals surface area contributed by atoms with Crippen LogP contribution >= 0.6 is 0 Å². The van der Waals surface area contributed by atoms with Gasteiger partial charge in [-0.05, 0) is 36.1 Å². The van der Waals surface area contributed by atoms with E-state index >= 15 is 0 Å². The molecule has 1 aromatic heterocycles. The van der Waals surface area contributed by atoms with Gasteiger partial charge in [-0.15, -0.1) is 0 Å². The number of fused-ring (bicyclic) bond motifs is 1. The van der Waals surface area contributed by atoms with Crippen LogP contribution in [-0.4, -0.2) is 43.4 Å². The van der Waals surface area contributed by atoms with Gasteiger partial charge in [0.15, 0.2) is 9.84 Å². The van der Waals surface area contributed by atoms with Gasteiger partial charge in [0.1, 0.15) is 5.69 Å². The van der Waals surface area contributed by atoms with Crippen molar-refractivity contribution in [3.63, 3.8) is 0 Å². The molecular formula is C19H21N3O3S. The number of pyridine rings is 1. The molecule has 1 saturated heterocycles. The highest BCUT2D eigenvalue weighted by molar-refractivity contribution is 7.91. The quantitative estimate of drug-likeness (QED) is 0.886. The molecule has 0 spiro atoms. The van der Waals surface area contributed by atoms with Crippen molar-refractivity contribution in [1.82, 2.24) is 10.3 Å². The molecule has 1 fully saturated rings. The Morgan fingerprint density at radius 3 is 2.77 bits per heavy atom. The summed E-state index contributed by atoms with van der Waals surface area (Å²) in [7, 11) is -3.02. The molecule has 1 aromatic carbocycles. The van der Waals surface area contributed by atoms with Gasteiger partial charge in [0, 0.05) is 31.0 Å². The predicted octanol–water partition coefficient (Wildman–Crippen LogP) is 1.56. The van der Waals surface area contributed by atoms with E-state index in [9.17, 15) is 13.2 Å². The maximum atomic E-state index is 12.5. The van der Waals surface area contributed by atoms with Crippen LogP contribution in [0.15, 0.2) is 42.6 Å². The lowest BCUT2D eigenvalue weighted by Crippen LogP contribution is -2.36. The SMILES string of the molecule is O=C(NC1CCS(=O)(=O)C1)c1cc(N2CCc3ccccc3C2)ccn1. The van der Waals surface area contributed by atoms with E-state index in [1.807, 2.05) is 12.1 Å². The predicted molar refractivity (Wildman–Crippen MR) is 100.0 cm³/mol. The number of nitrogens with one attached hydrogen (secondary N) is 1. The smallest absolute Gasteiger partial charge is 0.270 e. The molecule has 1 amide bonds. The summed E-state index contributed by atoms with van der Waals surface area (Å²) in [6, 6.07) is 11.8. The number of rotatable bonds is 3. The van der Waals surface area contributed by atoms with Crippen molar-refractivity contribution in [3.05, 3.63) is 59.4 Å². The molecule has 1 atom stereocenters. The molecule has 0 aliphatic carbocycles. The molecule has 0 saturated carbocycles. The van der Waals surface area contributed by atoms with E-state index in [4.69, 9.17) is 0 Å². The normalized spacial score (nSPS) is 21.2. The van der Waals surface area contributed by atoms with Crippen LogP contribution in [0.25, 0.3) is 0 Å². The van der Waals surface area contributed by atoms with Gasteiger partial charge in [-0.3, -0.25) is 9.78 Å². The van der Waals surface area contributed by atoms with Crippen LogP contribution in [0.1, 0.15) is 28.0 Å². The molecule has 3 heterocycles. The summed E-state index contributed by atoms with van der Waals surface area (Å²) < 4.78 is 23.1. The summed E-state index contributed by atoms with van der Waals surface area (Å²) in [4.78, 5) is 18.9. The minimum Gasteiger partial charge on any atom is -0.367 e. The molecule has 6 nitrogen and oxygen atoms in total. The van der Waals surface area contributed by atoms with E-state index in [2.05, 4.69) is 33.4 Å². The Kier molecular flexibility index (Phi) is 4.40. The Labute approximate surface area is 153 Å². The highest BCUT2D eigenvalue weighted by atomic mass is 32.2. The first kappa shape index (κ1) is 17.0. The number of aromatic nitrogens is 1. The Balaban J connectivity index is 1.48. The van der Waals surface area contributed by atoms with E-state index in [0.29, 0.717) is 12.1 Å². The van der Waals surface area contributed by atoms with Crippen molar-refractivity contribution in [3.8, 4) is 0 Å². The van der Waals surface area contributed by atoms with Crippen LogP contribution < -0.4 is 10.2 Å². The molecule has 1 unspecified atom stereocenters. The lowest BCUT2D eigenvalue weighted by atomic mass is 9.99. The Hall–Kier alpha value is -2.41. The van der Waals surface area contributed by atoms with E-state index in [0.717, 1.165) is 25.2 Å². The van der Waals surface area contributed by atoms with Gasteiger partial charge in [-0.25, -0.2) is 8.42 Å². The van der Waals surface area contributed by atoms with Crippen LogP contribution in [0.5, 0.6) is 0 Å². The van der Waals surface area contributed by atoms with Crippen LogP contribution in [-0.2, 0) is 22.8 Å². The van der Waals surface area contributed by atoms with E-state index < -0.39 is 9.84 Å². The molecule has 1 N–H and O–H groups in total. The maximum absolute atomic E-state index is 12.5. The lowest BCUT2D eigenvalue weighted by Gasteiger charge is -2.30. The Morgan fingerprint density at radius 2 is 2.00 bits per heavy atom. The summed E-state index contributed by atoms with van der Waals surface area (Å²) >= 11 is 0. The minimum absolute atomic E-state index is 0.0152. The number of anilines is 1. The number of amides is 1. The second kappa shape index (κ2) is 6.72. The third kappa shape index (κ3) is 3.58. The zero-order chi connectivity index (χ0) is 18.1. The zero-order valence-electron chi connectivity index (χ0n) is 14.4. The van der Waals surface area contributed by atoms with Crippen molar-refractivity contribution < 1.29 is 13.2 Å². The topological polar surface area (TPSA) is 79.4 Å². The third-order valence-electron chi connectivity index (χ3n) is 5.04. The Bertz CT molecular complexity index is 943. The molecule has 2 aromatic rings. The molecule has 0 radical (unpaired) electrons. The third-order valence-corrected chi connectivity index (χ3v) is 6.81. The molecule has 7 heteroatoms. The number of benzene rings is 1. The average Bonchev–Trinajstić information content (AvgIpc) is 2.99. The Morgan fingerprint density at radius 1 is 1.19 bits per heavy atom. The van der Waals surface area contributed by atoms with Crippen LogP contribution in [0, 0.1) is 0 Å². The molecule has 4 rings (SSSR count). The number of hydrogen-bond donors (Lipinski definition) is 1. The summed E-state index contributed by atoms with van der Waals surface area (Å²) in [5.74, 6) is -0.161. The van der Waals surface area contributed by atoms with Crippen LogP contribution in [0.3, 0.4) is 0 Å². The average molecular weight is 371 g/mol. The van der Waals surface area contributed by atoms with Crippen molar-refractivity contribution in [1.29, 1.82) is 0 Å². The largest absolute Gasteiger partial charge is 0.367 e. The molecule has 2 aliphatic rings. The van der Waals surface area contributed by atoms with Crippen molar-refractivity contribution in [2.75, 3.05) is 23.0 Å². The number of carbonyl (C=O) groups excluding carboxylic acids is 1. The van der Waals surface area contributed by atoms with Crippen molar-refractivity contribution in [2.45, 2.75) is 25.4 Å². The van der Waals surface area contributed by atoms with Crippen molar-refractivity contribution >= 4 is 21.4 Å². The fraction of sp³-hybridized carbons (Fsp3) is 0.368. The first-order valence-electron chi connectivity index (χ1n) is 8.79. The van der Waals surface area contributed by atoms with Gasteiger partial charge in [0.2, 0.25) is 0 Å². The van der Waals surface area contributed by atoms with Gasteiger partial charge in [-0.1, -0.05) is 24.3 Å². The van der Waals surface area contributed by atoms with Crippen molar-refractivity contribution in [2.24, 2.45) is 0 Å². The second-order valence-corrected chi connectivity index (χ2v) is 9.14. The lowest BCUT2D eigenvalue weighted by molar-refractivity contribution is 0.0936. The summed E-state index contributed by atoms with van der Waals surface area (Å²) in [5.41, 5.74) is 3.96. The van der Waals surface area contributed by atoms with Gasteiger partial charge in [0.05, 0.1) is 11.5 Å². The molecule has 2 aliphatic heterocycles. The zero-order valence-corrected chi connectivity index (χ0v) is 15.2. The van der Waals surface area contributed by atoms with E-state index in [1.54, 1.807) is 12.3 Å². The molecular weight excluding hydrogens is 350 g/mol. The maximum Gasteiger partial charge on any atom is 0.270 e. The van der Waals surface area contributed by atoms with E-state index in [1.165, 1.54) is 11.1 Å². The molecule has 26 heavy (non-hydrogen) atoms. The first-order valence-corrected chi connectivity index (χ1v) is 10.6. The monoisotopic (exact) mass is 371 g/mol. The molecule has 0 bridgehead atoms. The van der Waals surface area contributed by atoms with E-state index in [-0.39, 0.29) is 23.5 Å². The van der Waals surface area contributed by atoms with Gasteiger partial charge in [-0.2, -0.15) is 0 Å². The van der Waals surface area contributed by atoms with Crippen LogP contribution in [0.4, 0.5) is 5.69 Å². The first-order chi connectivity index (χ1) is 12.5. The molecule has 136 valence electrons. The highest BCUT2D eigenvalue weighted by Gasteiger charge is 2.29. The summed E-state index contributed by atoms with van der Waals surface area (Å²) in [6.07, 6.45) is 3.08. The van der Waals surface area contributed by atoms with Crippen LogP contribution in [0.2, 0.25) is 0 Å². The summed E-state index contributed by atoms with van der Waals surface area (Å²) in [6.45, 7) is 1.70.